The summed E-state index contributed by atoms with van der Waals surface area (Å²) in [4.78, 5) is 23.1. The molecule has 114 valence electrons. The lowest BCUT2D eigenvalue weighted by molar-refractivity contribution is -0.148. The van der Waals surface area contributed by atoms with Crippen molar-refractivity contribution in [3.63, 3.8) is 0 Å². The van der Waals surface area contributed by atoms with E-state index in [0.717, 1.165) is 18.7 Å². The largest absolute Gasteiger partial charge is 0.468 e. The maximum Gasteiger partial charge on any atom is 0.316 e. The van der Waals surface area contributed by atoms with E-state index in [4.69, 9.17) is 4.74 Å². The number of benzene rings is 1. The summed E-state index contributed by atoms with van der Waals surface area (Å²) in [6.45, 7) is 1.46. The van der Waals surface area contributed by atoms with Crippen LogP contribution in [0.1, 0.15) is 18.4 Å². The number of piperidine rings is 1. The fourth-order valence-corrected chi connectivity index (χ4v) is 3.11. The number of hydrogen-bond donors (Lipinski definition) is 0. The summed E-state index contributed by atoms with van der Waals surface area (Å²) < 4.78 is 5.10. The summed E-state index contributed by atoms with van der Waals surface area (Å²) in [7, 11) is 1.46. The van der Waals surface area contributed by atoms with Crippen molar-refractivity contribution in [2.45, 2.75) is 18.3 Å². The van der Waals surface area contributed by atoms with Gasteiger partial charge in [-0.1, -0.05) is 30.3 Å². The molecule has 5 heteroatoms. The number of hydrogen-bond acceptors (Lipinski definition) is 5. The quantitative estimate of drug-likeness (QED) is 0.813. The van der Waals surface area contributed by atoms with Crippen molar-refractivity contribution in [3.8, 4) is 0 Å². The van der Waals surface area contributed by atoms with Crippen LogP contribution in [0.5, 0.6) is 0 Å². The molecule has 2 aromatic rings. The maximum atomic E-state index is 12.5. The molecule has 0 aliphatic carbocycles. The summed E-state index contributed by atoms with van der Waals surface area (Å²) in [6, 6.07) is 11.7. The van der Waals surface area contributed by atoms with Gasteiger partial charge < -0.3 is 9.64 Å². The minimum atomic E-state index is -0.568. The van der Waals surface area contributed by atoms with Crippen molar-refractivity contribution in [3.05, 3.63) is 54.4 Å². The summed E-state index contributed by atoms with van der Waals surface area (Å²) in [6.07, 6.45) is 4.87. The molecule has 2 heterocycles. The number of ether oxygens (including phenoxy) is 1. The Kier molecular flexibility index (Phi) is 4.04. The zero-order chi connectivity index (χ0) is 15.4. The van der Waals surface area contributed by atoms with Crippen molar-refractivity contribution in [2.24, 2.45) is 0 Å². The van der Waals surface area contributed by atoms with Crippen molar-refractivity contribution in [1.29, 1.82) is 0 Å². The Labute approximate surface area is 130 Å². The van der Waals surface area contributed by atoms with Crippen LogP contribution in [0.15, 0.2) is 48.8 Å². The highest BCUT2D eigenvalue weighted by molar-refractivity contribution is 5.83. The summed E-state index contributed by atoms with van der Waals surface area (Å²) in [5.74, 6) is 0.557. The second-order valence-corrected chi connectivity index (χ2v) is 5.48. The number of rotatable bonds is 3. The Bertz CT molecular complexity index is 623. The van der Waals surface area contributed by atoms with Crippen LogP contribution in [-0.2, 0) is 14.9 Å². The number of esters is 1. The lowest BCUT2D eigenvalue weighted by Gasteiger charge is -2.40. The number of carbonyl (C=O) groups excluding carboxylic acids is 1. The third kappa shape index (κ3) is 2.54. The van der Waals surface area contributed by atoms with E-state index in [1.54, 1.807) is 18.5 Å². The second-order valence-electron chi connectivity index (χ2n) is 5.48. The highest BCUT2D eigenvalue weighted by Crippen LogP contribution is 2.37. The zero-order valence-electron chi connectivity index (χ0n) is 12.6. The molecule has 5 nitrogen and oxygen atoms in total. The lowest BCUT2D eigenvalue weighted by Crippen LogP contribution is -2.48. The van der Waals surface area contributed by atoms with Gasteiger partial charge in [-0.3, -0.25) is 4.79 Å². The first-order valence-corrected chi connectivity index (χ1v) is 7.42. The van der Waals surface area contributed by atoms with Crippen LogP contribution in [0.3, 0.4) is 0 Å². The van der Waals surface area contributed by atoms with Gasteiger partial charge in [-0.25, -0.2) is 9.97 Å². The van der Waals surface area contributed by atoms with Gasteiger partial charge in [0, 0.05) is 25.5 Å². The molecule has 0 saturated carbocycles. The molecule has 1 saturated heterocycles. The van der Waals surface area contributed by atoms with E-state index in [-0.39, 0.29) is 5.97 Å². The lowest BCUT2D eigenvalue weighted by atomic mass is 9.73. The summed E-state index contributed by atoms with van der Waals surface area (Å²) in [5.41, 5.74) is 0.455. The molecule has 0 unspecified atom stereocenters. The highest BCUT2D eigenvalue weighted by Gasteiger charge is 2.44. The topological polar surface area (TPSA) is 55.3 Å². The van der Waals surface area contributed by atoms with E-state index in [1.807, 2.05) is 30.3 Å². The van der Waals surface area contributed by atoms with Crippen molar-refractivity contribution in [2.75, 3.05) is 25.1 Å². The van der Waals surface area contributed by atoms with Gasteiger partial charge in [0.2, 0.25) is 5.95 Å². The number of methoxy groups -OCH3 is 1. The number of nitrogens with zero attached hydrogens (tertiary/aromatic N) is 3. The molecule has 0 amide bonds. The predicted molar refractivity (Wildman–Crippen MR) is 83.6 cm³/mol. The van der Waals surface area contributed by atoms with Crippen LogP contribution in [0.2, 0.25) is 0 Å². The monoisotopic (exact) mass is 297 g/mol. The Morgan fingerprint density at radius 3 is 2.32 bits per heavy atom. The third-order valence-electron chi connectivity index (χ3n) is 4.35. The van der Waals surface area contributed by atoms with Crippen molar-refractivity contribution < 1.29 is 9.53 Å². The normalized spacial score (nSPS) is 17.0. The first-order chi connectivity index (χ1) is 10.8. The van der Waals surface area contributed by atoms with Crippen LogP contribution in [0.4, 0.5) is 5.95 Å². The van der Waals surface area contributed by atoms with E-state index < -0.39 is 5.41 Å². The van der Waals surface area contributed by atoms with Gasteiger partial charge in [0.25, 0.3) is 0 Å². The average molecular weight is 297 g/mol. The number of carbonyl (C=O) groups is 1. The Hall–Kier alpha value is -2.43. The minimum absolute atomic E-state index is 0.160. The predicted octanol–water partition coefficient (Wildman–Crippen LogP) is 2.19. The van der Waals surface area contributed by atoms with Gasteiger partial charge in [0.05, 0.1) is 12.5 Å². The first-order valence-electron chi connectivity index (χ1n) is 7.42. The first kappa shape index (κ1) is 14.5. The molecule has 1 fully saturated rings. The molecule has 1 aliphatic rings. The van der Waals surface area contributed by atoms with Gasteiger partial charge in [-0.15, -0.1) is 0 Å². The number of anilines is 1. The third-order valence-corrected chi connectivity index (χ3v) is 4.35. The molecular formula is C17H19N3O2. The molecular weight excluding hydrogens is 278 g/mol. The van der Waals surface area contributed by atoms with Gasteiger partial charge in [0.15, 0.2) is 0 Å². The molecule has 0 spiro atoms. The SMILES string of the molecule is COC(=O)C1(c2ccccc2)CCN(c2ncccn2)CC1. The van der Waals surface area contributed by atoms with Gasteiger partial charge in [-0.05, 0) is 24.5 Å². The van der Waals surface area contributed by atoms with Crippen LogP contribution >= 0.6 is 0 Å². The van der Waals surface area contributed by atoms with Crippen LogP contribution in [0, 0.1) is 0 Å². The molecule has 1 aromatic heterocycles. The molecule has 3 rings (SSSR count). The maximum absolute atomic E-state index is 12.5. The van der Waals surface area contributed by atoms with Gasteiger partial charge >= 0.3 is 5.97 Å². The molecule has 0 radical (unpaired) electrons. The van der Waals surface area contributed by atoms with Gasteiger partial charge in [0.1, 0.15) is 0 Å². The van der Waals surface area contributed by atoms with Crippen LogP contribution in [0.25, 0.3) is 0 Å². The smallest absolute Gasteiger partial charge is 0.316 e. The molecule has 0 bridgehead atoms. The van der Waals surface area contributed by atoms with E-state index in [2.05, 4.69) is 14.9 Å². The Morgan fingerprint density at radius 2 is 1.73 bits per heavy atom. The van der Waals surface area contributed by atoms with Crippen LogP contribution < -0.4 is 4.90 Å². The van der Waals surface area contributed by atoms with E-state index in [1.165, 1.54) is 7.11 Å². The molecule has 1 aromatic carbocycles. The fraction of sp³-hybridized carbons (Fsp3) is 0.353. The Balaban J connectivity index is 1.85. The average Bonchev–Trinajstić information content (AvgIpc) is 2.62. The number of aromatic nitrogens is 2. The molecule has 0 N–H and O–H groups in total. The fourth-order valence-electron chi connectivity index (χ4n) is 3.11. The summed E-state index contributed by atoms with van der Waals surface area (Å²) in [5, 5.41) is 0. The van der Waals surface area contributed by atoms with E-state index in [9.17, 15) is 4.79 Å². The minimum Gasteiger partial charge on any atom is -0.468 e. The molecule has 0 atom stereocenters. The summed E-state index contributed by atoms with van der Waals surface area (Å²) >= 11 is 0. The van der Waals surface area contributed by atoms with Crippen molar-refractivity contribution >= 4 is 11.9 Å². The molecule has 22 heavy (non-hydrogen) atoms. The molecule has 1 aliphatic heterocycles. The zero-order valence-corrected chi connectivity index (χ0v) is 12.6. The van der Waals surface area contributed by atoms with E-state index >= 15 is 0 Å². The van der Waals surface area contributed by atoms with Crippen LogP contribution in [-0.4, -0.2) is 36.1 Å². The van der Waals surface area contributed by atoms with Gasteiger partial charge in [-0.2, -0.15) is 0 Å². The standard InChI is InChI=1S/C17H19N3O2/c1-22-15(21)17(14-6-3-2-4-7-14)8-12-20(13-9-17)16-18-10-5-11-19-16/h2-7,10-11H,8-9,12-13H2,1H3. The second kappa shape index (κ2) is 6.13. The van der Waals surface area contributed by atoms with Crippen molar-refractivity contribution in [1.82, 2.24) is 9.97 Å². The Morgan fingerprint density at radius 1 is 1.09 bits per heavy atom. The van der Waals surface area contributed by atoms with E-state index in [0.29, 0.717) is 18.8 Å². The highest BCUT2D eigenvalue weighted by atomic mass is 16.5.